The summed E-state index contributed by atoms with van der Waals surface area (Å²) in [4.78, 5) is 8.25. The minimum atomic E-state index is -0.0809. The minimum absolute atomic E-state index is 0.0809. The molecule has 6 heteroatoms. The summed E-state index contributed by atoms with van der Waals surface area (Å²) in [6.45, 7) is 4.33. The third-order valence-electron chi connectivity index (χ3n) is 2.42. The summed E-state index contributed by atoms with van der Waals surface area (Å²) in [5.41, 5.74) is 0.601. The third-order valence-corrected chi connectivity index (χ3v) is 2.42. The molecule has 2 rings (SSSR count). The smallest absolute Gasteiger partial charge is 0.264 e. The Morgan fingerprint density at radius 3 is 2.84 bits per heavy atom. The number of hydrogen-bond acceptors (Lipinski definition) is 6. The van der Waals surface area contributed by atoms with Crippen molar-refractivity contribution in [3.8, 4) is 5.75 Å². The van der Waals surface area contributed by atoms with Crippen LogP contribution in [-0.4, -0.2) is 20.2 Å². The van der Waals surface area contributed by atoms with Crippen LogP contribution in [0.4, 0.5) is 0 Å². The third kappa shape index (κ3) is 4.03. The summed E-state index contributed by atoms with van der Waals surface area (Å²) in [5, 5.41) is 12.8. The number of aliphatic hydroxyl groups excluding tert-OH is 1. The Labute approximate surface area is 111 Å². The second-order valence-corrected chi connectivity index (χ2v) is 4.63. The molecule has 0 saturated heterocycles. The Morgan fingerprint density at radius 2 is 2.21 bits per heavy atom. The minimum Gasteiger partial charge on any atom is -0.482 e. The molecule has 0 aliphatic heterocycles. The van der Waals surface area contributed by atoms with E-state index in [1.54, 1.807) is 18.3 Å². The summed E-state index contributed by atoms with van der Waals surface area (Å²) in [5.74, 6) is 2.23. The maximum Gasteiger partial charge on any atom is 0.264 e. The van der Waals surface area contributed by atoms with Crippen LogP contribution in [-0.2, 0) is 19.6 Å². The fourth-order valence-corrected chi connectivity index (χ4v) is 1.53. The van der Waals surface area contributed by atoms with Crippen molar-refractivity contribution in [3.05, 3.63) is 35.7 Å². The van der Waals surface area contributed by atoms with Crippen LogP contribution in [0.2, 0.25) is 0 Å². The molecule has 0 aromatic carbocycles. The van der Waals surface area contributed by atoms with Gasteiger partial charge in [0.05, 0.1) is 18.5 Å². The van der Waals surface area contributed by atoms with Crippen molar-refractivity contribution in [2.24, 2.45) is 5.92 Å². The maximum atomic E-state index is 8.87. The molecular weight excluding hydrogens is 246 g/mol. The fourth-order valence-electron chi connectivity index (χ4n) is 1.53. The average molecular weight is 263 g/mol. The Morgan fingerprint density at radius 1 is 1.37 bits per heavy atom. The lowest BCUT2D eigenvalue weighted by Gasteiger charge is -2.02. The lowest BCUT2D eigenvalue weighted by atomic mass is 10.1. The number of pyridine rings is 1. The molecule has 102 valence electrons. The maximum absolute atomic E-state index is 8.87. The highest BCUT2D eigenvalue weighted by atomic mass is 16.5. The van der Waals surface area contributed by atoms with Crippen molar-refractivity contribution < 1.29 is 14.4 Å². The quantitative estimate of drug-likeness (QED) is 0.854. The highest BCUT2D eigenvalue weighted by Crippen LogP contribution is 2.12. The van der Waals surface area contributed by atoms with Crippen molar-refractivity contribution in [3.63, 3.8) is 0 Å². The van der Waals surface area contributed by atoms with Crippen molar-refractivity contribution in [2.45, 2.75) is 33.5 Å². The molecule has 0 amide bonds. The number of aromatic nitrogens is 3. The first-order valence-electron chi connectivity index (χ1n) is 6.17. The molecule has 19 heavy (non-hydrogen) atoms. The van der Waals surface area contributed by atoms with Gasteiger partial charge in [0, 0.05) is 6.42 Å². The summed E-state index contributed by atoms with van der Waals surface area (Å²) >= 11 is 0. The van der Waals surface area contributed by atoms with Gasteiger partial charge in [-0.1, -0.05) is 19.0 Å². The zero-order chi connectivity index (χ0) is 13.7. The Hall–Kier alpha value is -1.95. The molecule has 0 fully saturated rings. The van der Waals surface area contributed by atoms with E-state index in [1.807, 2.05) is 0 Å². The van der Waals surface area contributed by atoms with Crippen LogP contribution in [0, 0.1) is 5.92 Å². The van der Waals surface area contributed by atoms with Gasteiger partial charge in [-0.2, -0.15) is 4.98 Å². The first kappa shape index (κ1) is 13.5. The molecule has 2 heterocycles. The molecule has 0 radical (unpaired) electrons. The van der Waals surface area contributed by atoms with Gasteiger partial charge in [0.25, 0.3) is 5.89 Å². The van der Waals surface area contributed by atoms with E-state index < -0.39 is 0 Å². The molecule has 0 aliphatic carbocycles. The van der Waals surface area contributed by atoms with Crippen LogP contribution in [0.3, 0.4) is 0 Å². The predicted octanol–water partition coefficient (Wildman–Crippen LogP) is 1.73. The van der Waals surface area contributed by atoms with Crippen LogP contribution in [0.5, 0.6) is 5.75 Å². The van der Waals surface area contributed by atoms with Crippen molar-refractivity contribution in [2.75, 3.05) is 0 Å². The molecule has 0 bridgehead atoms. The lowest BCUT2D eigenvalue weighted by Crippen LogP contribution is -1.99. The fraction of sp³-hybridized carbons (Fsp3) is 0.462. The molecule has 2 aromatic heterocycles. The van der Waals surface area contributed by atoms with Crippen LogP contribution >= 0.6 is 0 Å². The summed E-state index contributed by atoms with van der Waals surface area (Å²) < 4.78 is 10.6. The van der Waals surface area contributed by atoms with Crippen LogP contribution in [0.15, 0.2) is 22.9 Å². The first-order chi connectivity index (χ1) is 9.17. The van der Waals surface area contributed by atoms with Crippen molar-refractivity contribution in [1.29, 1.82) is 0 Å². The van der Waals surface area contributed by atoms with Gasteiger partial charge in [0.1, 0.15) is 5.75 Å². The number of hydrogen-bond donors (Lipinski definition) is 1. The largest absolute Gasteiger partial charge is 0.482 e. The molecule has 0 aliphatic rings. The molecule has 0 atom stereocenters. The number of nitrogens with zero attached hydrogens (tertiary/aromatic N) is 3. The molecule has 2 aromatic rings. The Kier molecular flexibility index (Phi) is 4.46. The van der Waals surface area contributed by atoms with E-state index in [1.165, 1.54) is 0 Å². The molecule has 0 spiro atoms. The number of rotatable bonds is 6. The SMILES string of the molecule is CC(C)Cc1noc(COc2ccc(CO)nc2)n1. The van der Waals surface area contributed by atoms with Crippen molar-refractivity contribution in [1.82, 2.24) is 15.1 Å². The Balaban J connectivity index is 1.89. The summed E-state index contributed by atoms with van der Waals surface area (Å²) in [7, 11) is 0. The van der Waals surface area contributed by atoms with E-state index in [9.17, 15) is 0 Å². The van der Waals surface area contributed by atoms with Crippen LogP contribution in [0.25, 0.3) is 0 Å². The molecule has 6 nitrogen and oxygen atoms in total. The molecule has 0 unspecified atom stereocenters. The second-order valence-electron chi connectivity index (χ2n) is 4.63. The zero-order valence-corrected chi connectivity index (χ0v) is 11.0. The zero-order valence-electron chi connectivity index (χ0n) is 11.0. The van der Waals surface area contributed by atoms with Crippen LogP contribution in [0.1, 0.15) is 31.3 Å². The highest BCUT2D eigenvalue weighted by Gasteiger charge is 2.08. The standard InChI is InChI=1S/C13H17N3O3/c1-9(2)5-12-15-13(19-16-12)8-18-11-4-3-10(7-17)14-6-11/h3-4,6,9,17H,5,7-8H2,1-2H3. The van der Waals surface area contributed by atoms with E-state index >= 15 is 0 Å². The van der Waals surface area contributed by atoms with E-state index in [2.05, 4.69) is 29.0 Å². The van der Waals surface area contributed by atoms with Gasteiger partial charge < -0.3 is 14.4 Å². The van der Waals surface area contributed by atoms with Crippen LogP contribution < -0.4 is 4.74 Å². The number of ether oxygens (including phenoxy) is 1. The molecule has 1 N–H and O–H groups in total. The average Bonchev–Trinajstić information content (AvgIpc) is 2.84. The normalized spacial score (nSPS) is 10.9. The van der Waals surface area contributed by atoms with E-state index in [0.29, 0.717) is 29.1 Å². The van der Waals surface area contributed by atoms with E-state index in [4.69, 9.17) is 14.4 Å². The monoisotopic (exact) mass is 263 g/mol. The van der Waals surface area contributed by atoms with Gasteiger partial charge in [-0.25, -0.2) is 0 Å². The number of aliphatic hydroxyl groups is 1. The van der Waals surface area contributed by atoms with Gasteiger partial charge in [-0.3, -0.25) is 4.98 Å². The topological polar surface area (TPSA) is 81.3 Å². The summed E-state index contributed by atoms with van der Waals surface area (Å²) in [6.07, 6.45) is 2.34. The van der Waals surface area contributed by atoms with E-state index in [-0.39, 0.29) is 13.2 Å². The summed E-state index contributed by atoms with van der Waals surface area (Å²) in [6, 6.07) is 3.44. The van der Waals surface area contributed by atoms with Gasteiger partial charge >= 0.3 is 0 Å². The predicted molar refractivity (Wildman–Crippen MR) is 67.3 cm³/mol. The van der Waals surface area contributed by atoms with E-state index in [0.717, 1.165) is 6.42 Å². The van der Waals surface area contributed by atoms with Crippen molar-refractivity contribution >= 4 is 0 Å². The second kappa shape index (κ2) is 6.29. The first-order valence-corrected chi connectivity index (χ1v) is 6.17. The molecule has 0 saturated carbocycles. The van der Waals surface area contributed by atoms with Gasteiger partial charge in [0.15, 0.2) is 12.4 Å². The van der Waals surface area contributed by atoms with Gasteiger partial charge in [-0.05, 0) is 18.1 Å². The van der Waals surface area contributed by atoms with Gasteiger partial charge in [-0.15, -0.1) is 0 Å². The molecular formula is C13H17N3O3. The van der Waals surface area contributed by atoms with Gasteiger partial charge in [0.2, 0.25) is 0 Å². The Bertz CT molecular complexity index is 508. The highest BCUT2D eigenvalue weighted by molar-refractivity contribution is 5.19. The lowest BCUT2D eigenvalue weighted by molar-refractivity contribution is 0.240.